The molecular weight excluding hydrogens is 244 g/mol. The second kappa shape index (κ2) is 5.41. The zero-order valence-corrected chi connectivity index (χ0v) is 12.3. The van der Waals surface area contributed by atoms with Gasteiger partial charge in [-0.05, 0) is 66.8 Å². The second-order valence-electron chi connectivity index (χ2n) is 6.06. The highest BCUT2D eigenvalue weighted by atomic mass is 16.3. The van der Waals surface area contributed by atoms with Crippen LogP contribution in [0.4, 0.5) is 0 Å². The summed E-state index contributed by atoms with van der Waals surface area (Å²) in [4.78, 5) is 0. The minimum absolute atomic E-state index is 0.340. The molecule has 1 N–H and O–H groups in total. The lowest BCUT2D eigenvalue weighted by molar-refractivity contribution is 0.0994. The lowest BCUT2D eigenvalue weighted by Gasteiger charge is -2.29. The number of fused-ring (bicyclic) bond motifs is 1. The molecule has 0 saturated carbocycles. The third kappa shape index (κ3) is 2.51. The fourth-order valence-corrected chi connectivity index (χ4v) is 3.22. The van der Waals surface area contributed by atoms with Gasteiger partial charge in [-0.3, -0.25) is 0 Å². The molecule has 0 aromatic heterocycles. The van der Waals surface area contributed by atoms with Crippen molar-refractivity contribution in [2.45, 2.75) is 39.2 Å². The number of rotatable bonds is 2. The van der Waals surface area contributed by atoms with E-state index in [2.05, 4.69) is 56.3 Å². The number of benzene rings is 2. The van der Waals surface area contributed by atoms with Gasteiger partial charge in [0.2, 0.25) is 0 Å². The van der Waals surface area contributed by atoms with Gasteiger partial charge < -0.3 is 5.11 Å². The first-order valence-electron chi connectivity index (χ1n) is 7.47. The smallest absolute Gasteiger partial charge is 0.0821 e. The van der Waals surface area contributed by atoms with Crippen molar-refractivity contribution in [2.75, 3.05) is 0 Å². The van der Waals surface area contributed by atoms with E-state index < -0.39 is 0 Å². The van der Waals surface area contributed by atoms with Gasteiger partial charge in [0.15, 0.2) is 0 Å². The highest BCUT2D eigenvalue weighted by molar-refractivity contribution is 5.33. The van der Waals surface area contributed by atoms with Crippen LogP contribution >= 0.6 is 0 Å². The zero-order valence-electron chi connectivity index (χ0n) is 12.3. The van der Waals surface area contributed by atoms with Gasteiger partial charge in [-0.15, -0.1) is 0 Å². The van der Waals surface area contributed by atoms with Crippen molar-refractivity contribution in [1.82, 2.24) is 0 Å². The molecule has 104 valence electrons. The van der Waals surface area contributed by atoms with Gasteiger partial charge in [0.05, 0.1) is 6.10 Å². The molecule has 2 aromatic carbocycles. The fraction of sp³-hybridized carbons (Fsp3) is 0.368. The predicted molar refractivity (Wildman–Crippen MR) is 82.8 cm³/mol. The summed E-state index contributed by atoms with van der Waals surface area (Å²) < 4.78 is 0. The van der Waals surface area contributed by atoms with Crippen molar-refractivity contribution in [3.8, 4) is 0 Å². The maximum Gasteiger partial charge on any atom is 0.0821 e. The maximum atomic E-state index is 10.7. The summed E-state index contributed by atoms with van der Waals surface area (Å²) in [7, 11) is 0. The van der Waals surface area contributed by atoms with Crippen molar-refractivity contribution in [3.63, 3.8) is 0 Å². The molecule has 3 rings (SSSR count). The molecule has 0 radical (unpaired) electrons. The van der Waals surface area contributed by atoms with Crippen molar-refractivity contribution in [1.29, 1.82) is 0 Å². The molecule has 1 nitrogen and oxygen atoms in total. The van der Waals surface area contributed by atoms with E-state index in [9.17, 15) is 5.11 Å². The van der Waals surface area contributed by atoms with E-state index in [-0.39, 0.29) is 6.10 Å². The highest BCUT2D eigenvalue weighted by Gasteiger charge is 2.25. The van der Waals surface area contributed by atoms with Gasteiger partial charge in [-0.2, -0.15) is 0 Å². The van der Waals surface area contributed by atoms with Crippen LogP contribution in [0.1, 0.15) is 40.3 Å². The van der Waals surface area contributed by atoms with Crippen LogP contribution < -0.4 is 0 Å². The van der Waals surface area contributed by atoms with Crippen LogP contribution in [0, 0.1) is 19.8 Å². The quantitative estimate of drug-likeness (QED) is 0.866. The molecule has 1 aliphatic carbocycles. The summed E-state index contributed by atoms with van der Waals surface area (Å²) in [5, 5.41) is 10.7. The van der Waals surface area contributed by atoms with E-state index >= 15 is 0 Å². The summed E-state index contributed by atoms with van der Waals surface area (Å²) >= 11 is 0. The Balaban J connectivity index is 1.82. The van der Waals surface area contributed by atoms with E-state index in [1.807, 2.05) is 0 Å². The third-order valence-electron chi connectivity index (χ3n) is 4.70. The van der Waals surface area contributed by atoms with Crippen molar-refractivity contribution in [3.05, 3.63) is 70.3 Å². The second-order valence-corrected chi connectivity index (χ2v) is 6.06. The third-order valence-corrected chi connectivity index (χ3v) is 4.70. The lowest BCUT2D eigenvalue weighted by Crippen LogP contribution is -2.21. The zero-order chi connectivity index (χ0) is 14.1. The first kappa shape index (κ1) is 13.4. The Bertz CT molecular complexity index is 615. The first-order chi connectivity index (χ1) is 9.65. The average molecular weight is 266 g/mol. The van der Waals surface area contributed by atoms with Gasteiger partial charge in [0.25, 0.3) is 0 Å². The van der Waals surface area contributed by atoms with Crippen molar-refractivity contribution in [2.24, 2.45) is 5.92 Å². The number of aliphatic hydroxyl groups excluding tert-OH is 1. The Labute approximate surface area is 121 Å². The number of aryl methyl sites for hydroxylation is 3. The minimum atomic E-state index is -0.345. The molecule has 0 saturated heterocycles. The van der Waals surface area contributed by atoms with Crippen molar-refractivity contribution >= 4 is 0 Å². The summed E-state index contributed by atoms with van der Waals surface area (Å²) in [5.74, 6) is 0.340. The van der Waals surface area contributed by atoms with Crippen molar-refractivity contribution < 1.29 is 5.11 Å². The van der Waals surface area contributed by atoms with Crippen LogP contribution in [0.5, 0.6) is 0 Å². The molecule has 2 atom stereocenters. The van der Waals surface area contributed by atoms with Crippen LogP contribution in [0.2, 0.25) is 0 Å². The lowest BCUT2D eigenvalue weighted by atomic mass is 9.79. The number of hydrogen-bond donors (Lipinski definition) is 1. The average Bonchev–Trinajstić information content (AvgIpc) is 2.49. The minimum Gasteiger partial charge on any atom is -0.388 e. The Morgan fingerprint density at radius 2 is 1.75 bits per heavy atom. The Kier molecular flexibility index (Phi) is 3.62. The van der Waals surface area contributed by atoms with E-state index in [1.165, 1.54) is 22.3 Å². The molecule has 0 bridgehead atoms. The molecule has 2 aromatic rings. The van der Waals surface area contributed by atoms with E-state index in [1.54, 1.807) is 0 Å². The Hall–Kier alpha value is -1.60. The van der Waals surface area contributed by atoms with Crippen LogP contribution in [0.25, 0.3) is 0 Å². The molecule has 2 unspecified atom stereocenters. The maximum absolute atomic E-state index is 10.7. The van der Waals surface area contributed by atoms with Crippen LogP contribution in [-0.2, 0) is 12.8 Å². The molecule has 20 heavy (non-hydrogen) atoms. The first-order valence-corrected chi connectivity index (χ1v) is 7.47. The van der Waals surface area contributed by atoms with Gasteiger partial charge in [0, 0.05) is 0 Å². The van der Waals surface area contributed by atoms with E-state index in [0.717, 1.165) is 24.8 Å². The van der Waals surface area contributed by atoms with E-state index in [4.69, 9.17) is 0 Å². The number of hydrogen-bond acceptors (Lipinski definition) is 1. The largest absolute Gasteiger partial charge is 0.388 e. The van der Waals surface area contributed by atoms with Gasteiger partial charge in [-0.1, -0.05) is 42.5 Å². The molecule has 0 heterocycles. The summed E-state index contributed by atoms with van der Waals surface area (Å²) in [6, 6.07) is 15.0. The SMILES string of the molecule is Cc1ccc(C(O)C2CCc3ccccc3C2)cc1C. The van der Waals surface area contributed by atoms with Crippen LogP contribution in [0.3, 0.4) is 0 Å². The Morgan fingerprint density at radius 3 is 2.50 bits per heavy atom. The van der Waals surface area contributed by atoms with Gasteiger partial charge in [0.1, 0.15) is 0 Å². The predicted octanol–water partition coefficient (Wildman–Crippen LogP) is 4.14. The topological polar surface area (TPSA) is 20.2 Å². The monoisotopic (exact) mass is 266 g/mol. The van der Waals surface area contributed by atoms with Gasteiger partial charge >= 0.3 is 0 Å². The summed E-state index contributed by atoms with van der Waals surface area (Å²) in [6.07, 6.45) is 2.81. The Morgan fingerprint density at radius 1 is 1.00 bits per heavy atom. The van der Waals surface area contributed by atoms with Gasteiger partial charge in [-0.25, -0.2) is 0 Å². The summed E-state index contributed by atoms with van der Waals surface area (Å²) in [5.41, 5.74) is 6.48. The molecular formula is C19H22O. The van der Waals surface area contributed by atoms with Crippen LogP contribution in [0.15, 0.2) is 42.5 Å². The fourth-order valence-electron chi connectivity index (χ4n) is 3.22. The molecule has 0 fully saturated rings. The number of aliphatic hydroxyl groups is 1. The standard InChI is InChI=1S/C19H22O/c1-13-7-8-17(11-14(13)2)19(20)18-10-9-15-5-3-4-6-16(15)12-18/h3-8,11,18-20H,9-10,12H2,1-2H3. The van der Waals surface area contributed by atoms with Crippen LogP contribution in [-0.4, -0.2) is 5.11 Å². The molecule has 1 heteroatoms. The normalized spacial score (nSPS) is 19.4. The molecule has 1 aliphatic rings. The summed E-state index contributed by atoms with van der Waals surface area (Å²) in [6.45, 7) is 4.23. The molecule has 0 aliphatic heterocycles. The molecule has 0 amide bonds. The molecule has 0 spiro atoms. The highest BCUT2D eigenvalue weighted by Crippen LogP contribution is 2.34. The van der Waals surface area contributed by atoms with E-state index in [0.29, 0.717) is 5.92 Å².